The second kappa shape index (κ2) is 7.47. The van der Waals surface area contributed by atoms with Gasteiger partial charge in [-0.3, -0.25) is 9.59 Å². The van der Waals surface area contributed by atoms with Crippen LogP contribution in [0.2, 0.25) is 0 Å². The quantitative estimate of drug-likeness (QED) is 0.758. The average Bonchev–Trinajstić information content (AvgIpc) is 3.13. The van der Waals surface area contributed by atoms with Crippen molar-refractivity contribution < 1.29 is 23.6 Å². The number of ether oxygens (including phenoxy) is 1. The molecule has 0 saturated heterocycles. The predicted octanol–water partition coefficient (Wildman–Crippen LogP) is 2.45. The van der Waals surface area contributed by atoms with Crippen LogP contribution in [-0.4, -0.2) is 29.0 Å². The summed E-state index contributed by atoms with van der Waals surface area (Å²) in [7, 11) is 0. The third kappa shape index (κ3) is 4.05. The van der Waals surface area contributed by atoms with E-state index in [1.54, 1.807) is 12.3 Å². The molecule has 2 aromatic rings. The zero-order valence-electron chi connectivity index (χ0n) is 14.3. The second-order valence-corrected chi connectivity index (χ2v) is 6.64. The van der Waals surface area contributed by atoms with Gasteiger partial charge >= 0.3 is 5.97 Å². The number of hydrogen-bond donors (Lipinski definition) is 2. The lowest BCUT2D eigenvalue weighted by molar-refractivity contribution is -0.123. The van der Waals surface area contributed by atoms with Gasteiger partial charge in [0.15, 0.2) is 11.9 Å². The molecule has 0 aliphatic carbocycles. The molecule has 8 nitrogen and oxygen atoms in total. The Balaban J connectivity index is 2.09. The Bertz CT molecular complexity index is 809. The Morgan fingerprint density at radius 2 is 2.00 bits per heavy atom. The van der Waals surface area contributed by atoms with Gasteiger partial charge in [0, 0.05) is 5.92 Å². The van der Waals surface area contributed by atoms with Crippen molar-refractivity contribution in [2.75, 3.05) is 5.32 Å². The van der Waals surface area contributed by atoms with E-state index in [1.165, 1.54) is 13.0 Å². The minimum absolute atomic E-state index is 0.0582. The Labute approximate surface area is 148 Å². The van der Waals surface area contributed by atoms with Crippen molar-refractivity contribution in [1.29, 1.82) is 0 Å². The molecule has 0 radical (unpaired) electrons. The molecule has 3 N–H and O–H groups in total. The van der Waals surface area contributed by atoms with E-state index in [0.29, 0.717) is 16.5 Å². The van der Waals surface area contributed by atoms with Crippen LogP contribution in [0.1, 0.15) is 58.9 Å². The first-order valence-electron chi connectivity index (χ1n) is 7.57. The van der Waals surface area contributed by atoms with Gasteiger partial charge in [0.1, 0.15) is 10.6 Å². The molecule has 0 saturated carbocycles. The number of carbonyl (C=O) groups is 3. The van der Waals surface area contributed by atoms with E-state index in [1.807, 2.05) is 13.8 Å². The number of anilines is 1. The Morgan fingerprint density at radius 1 is 1.32 bits per heavy atom. The molecule has 2 amide bonds. The number of esters is 1. The van der Waals surface area contributed by atoms with Crippen LogP contribution in [0.15, 0.2) is 16.0 Å². The van der Waals surface area contributed by atoms with E-state index in [-0.39, 0.29) is 17.0 Å². The van der Waals surface area contributed by atoms with Crippen LogP contribution in [0.4, 0.5) is 5.00 Å². The van der Waals surface area contributed by atoms with Gasteiger partial charge in [-0.05, 0) is 25.3 Å². The van der Waals surface area contributed by atoms with E-state index in [2.05, 4.69) is 10.5 Å². The maximum absolute atomic E-state index is 12.4. The topological polar surface area (TPSA) is 125 Å². The molecule has 1 atom stereocenters. The van der Waals surface area contributed by atoms with E-state index in [9.17, 15) is 14.4 Å². The summed E-state index contributed by atoms with van der Waals surface area (Å²) < 4.78 is 10.4. The third-order valence-corrected chi connectivity index (χ3v) is 4.27. The summed E-state index contributed by atoms with van der Waals surface area (Å²) in [6, 6.07) is 1.51. The molecule has 0 aliphatic rings. The molecule has 0 fully saturated rings. The van der Waals surface area contributed by atoms with Crippen LogP contribution in [0.3, 0.4) is 0 Å². The number of aryl methyl sites for hydroxylation is 1. The van der Waals surface area contributed by atoms with Gasteiger partial charge in [-0.15, -0.1) is 11.3 Å². The smallest absolute Gasteiger partial charge is 0.344 e. The van der Waals surface area contributed by atoms with Crippen molar-refractivity contribution in [3.05, 3.63) is 34.0 Å². The molecule has 0 aliphatic heterocycles. The number of nitrogens with one attached hydrogen (secondary N) is 1. The fraction of sp³-hybridized carbons (Fsp3) is 0.375. The van der Waals surface area contributed by atoms with Crippen LogP contribution in [-0.2, 0) is 9.53 Å². The molecule has 0 bridgehead atoms. The second-order valence-electron chi connectivity index (χ2n) is 5.73. The maximum atomic E-state index is 12.4. The number of amides is 2. The number of primary amides is 1. The van der Waals surface area contributed by atoms with E-state index in [4.69, 9.17) is 15.0 Å². The minimum Gasteiger partial charge on any atom is -0.449 e. The standard InChI is InChI=1S/C16H19N3O5S/c1-7(2)12-11(8(3)19-24-12)16(22)23-9(4)14(21)18-15-10(13(17)20)5-6-25-15/h5-7,9H,1-4H3,(H2,17,20)(H,18,21)/t9-/m1/s1. The molecule has 25 heavy (non-hydrogen) atoms. The maximum Gasteiger partial charge on any atom is 0.344 e. The van der Waals surface area contributed by atoms with E-state index >= 15 is 0 Å². The van der Waals surface area contributed by atoms with Crippen LogP contribution in [0.5, 0.6) is 0 Å². The highest BCUT2D eigenvalue weighted by molar-refractivity contribution is 7.14. The van der Waals surface area contributed by atoms with Crippen molar-refractivity contribution in [3.8, 4) is 0 Å². The first kappa shape index (κ1) is 18.7. The van der Waals surface area contributed by atoms with Crippen molar-refractivity contribution in [3.63, 3.8) is 0 Å². The zero-order chi connectivity index (χ0) is 18.7. The molecular formula is C16H19N3O5S. The summed E-state index contributed by atoms with van der Waals surface area (Å²) in [4.78, 5) is 35.9. The minimum atomic E-state index is -1.08. The summed E-state index contributed by atoms with van der Waals surface area (Å²) in [5.74, 6) is -1.56. The third-order valence-electron chi connectivity index (χ3n) is 3.44. The number of hydrogen-bond acceptors (Lipinski definition) is 7. The van der Waals surface area contributed by atoms with Crippen LogP contribution < -0.4 is 11.1 Å². The van der Waals surface area contributed by atoms with Crippen molar-refractivity contribution in [2.24, 2.45) is 5.73 Å². The highest BCUT2D eigenvalue weighted by Crippen LogP contribution is 2.25. The monoisotopic (exact) mass is 365 g/mol. The van der Waals surface area contributed by atoms with Crippen LogP contribution in [0.25, 0.3) is 0 Å². The van der Waals surface area contributed by atoms with Gasteiger partial charge in [0.25, 0.3) is 11.8 Å². The van der Waals surface area contributed by atoms with Gasteiger partial charge in [-0.2, -0.15) is 0 Å². The number of aromatic nitrogens is 1. The molecule has 2 heterocycles. The van der Waals surface area contributed by atoms with Gasteiger partial charge < -0.3 is 20.3 Å². The summed E-state index contributed by atoms with van der Waals surface area (Å²) in [5, 5.41) is 8.25. The largest absolute Gasteiger partial charge is 0.449 e. The van der Waals surface area contributed by atoms with Crippen molar-refractivity contribution in [1.82, 2.24) is 5.16 Å². The SMILES string of the molecule is Cc1noc(C(C)C)c1C(=O)O[C@H](C)C(=O)Nc1sccc1C(N)=O. The zero-order valence-corrected chi connectivity index (χ0v) is 15.1. The number of thiophene rings is 1. The van der Waals surface area contributed by atoms with Gasteiger partial charge in [0.05, 0.1) is 11.3 Å². The summed E-state index contributed by atoms with van der Waals surface area (Å²) in [6.07, 6.45) is -1.08. The molecule has 0 aromatic carbocycles. The normalized spacial score (nSPS) is 12.0. The first-order valence-corrected chi connectivity index (χ1v) is 8.45. The molecule has 0 spiro atoms. The Kier molecular flexibility index (Phi) is 5.58. The number of nitrogens with zero attached hydrogens (tertiary/aromatic N) is 1. The van der Waals surface area contributed by atoms with Gasteiger partial charge in [-0.25, -0.2) is 4.79 Å². The fourth-order valence-electron chi connectivity index (χ4n) is 2.12. The van der Waals surface area contributed by atoms with Crippen molar-refractivity contribution in [2.45, 2.75) is 39.7 Å². The summed E-state index contributed by atoms with van der Waals surface area (Å²) in [5.41, 5.74) is 6.06. The highest BCUT2D eigenvalue weighted by atomic mass is 32.1. The Hall–Kier alpha value is -2.68. The van der Waals surface area contributed by atoms with E-state index in [0.717, 1.165) is 11.3 Å². The molecule has 2 rings (SSSR count). The molecule has 2 aromatic heterocycles. The first-order chi connectivity index (χ1) is 11.7. The van der Waals surface area contributed by atoms with Gasteiger partial charge in [-0.1, -0.05) is 19.0 Å². The molecule has 0 unspecified atom stereocenters. The lowest BCUT2D eigenvalue weighted by Crippen LogP contribution is -2.30. The molecule has 134 valence electrons. The number of rotatable bonds is 6. The number of nitrogens with two attached hydrogens (primary N) is 1. The molecular weight excluding hydrogens is 346 g/mol. The average molecular weight is 365 g/mol. The van der Waals surface area contributed by atoms with Crippen LogP contribution in [0, 0.1) is 6.92 Å². The van der Waals surface area contributed by atoms with Gasteiger partial charge in [0.2, 0.25) is 0 Å². The summed E-state index contributed by atoms with van der Waals surface area (Å²) in [6.45, 7) is 6.77. The Morgan fingerprint density at radius 3 is 2.60 bits per heavy atom. The van der Waals surface area contributed by atoms with Crippen LogP contribution >= 0.6 is 11.3 Å². The molecule has 9 heteroatoms. The number of carbonyl (C=O) groups excluding carboxylic acids is 3. The predicted molar refractivity (Wildman–Crippen MR) is 91.7 cm³/mol. The lowest BCUT2D eigenvalue weighted by atomic mass is 10.1. The summed E-state index contributed by atoms with van der Waals surface area (Å²) >= 11 is 1.15. The highest BCUT2D eigenvalue weighted by Gasteiger charge is 2.27. The van der Waals surface area contributed by atoms with E-state index < -0.39 is 23.9 Å². The van der Waals surface area contributed by atoms with Crippen molar-refractivity contribution >= 4 is 34.1 Å². The lowest BCUT2D eigenvalue weighted by Gasteiger charge is -2.13. The fourth-order valence-corrected chi connectivity index (χ4v) is 2.91.